The molecule has 1 saturated heterocycles. The van der Waals surface area contributed by atoms with Gasteiger partial charge in [-0.15, -0.1) is 10.2 Å². The van der Waals surface area contributed by atoms with Crippen LogP contribution in [0.4, 0.5) is 8.78 Å². The predicted octanol–water partition coefficient (Wildman–Crippen LogP) is 2.86. The molecule has 3 aromatic rings. The zero-order chi connectivity index (χ0) is 20.9. The van der Waals surface area contributed by atoms with Crippen molar-refractivity contribution in [3.05, 3.63) is 71.8 Å². The van der Waals surface area contributed by atoms with E-state index < -0.39 is 6.17 Å². The van der Waals surface area contributed by atoms with E-state index in [0.717, 1.165) is 16.8 Å². The van der Waals surface area contributed by atoms with Crippen LogP contribution in [-0.4, -0.2) is 56.9 Å². The highest BCUT2D eigenvalue weighted by Gasteiger charge is 2.28. The van der Waals surface area contributed by atoms with E-state index in [-0.39, 0.29) is 30.8 Å². The number of alkyl halides is 1. The third-order valence-electron chi connectivity index (χ3n) is 5.10. The molecule has 1 aromatic heterocycles. The minimum absolute atomic E-state index is 0.0409. The van der Waals surface area contributed by atoms with Crippen LogP contribution >= 0.6 is 0 Å². The third-order valence-corrected chi connectivity index (χ3v) is 5.10. The van der Waals surface area contributed by atoms with Crippen LogP contribution in [-0.2, 0) is 6.54 Å². The predicted molar refractivity (Wildman–Crippen MR) is 104 cm³/mol. The zero-order valence-corrected chi connectivity index (χ0v) is 16.2. The highest BCUT2D eigenvalue weighted by molar-refractivity contribution is 5.94. The Morgan fingerprint density at radius 1 is 1.17 bits per heavy atom. The molecule has 9 heteroatoms. The number of tetrazole rings is 1. The van der Waals surface area contributed by atoms with Crippen molar-refractivity contribution in [1.82, 2.24) is 25.1 Å². The Balaban J connectivity index is 1.29. The summed E-state index contributed by atoms with van der Waals surface area (Å²) in [6, 6.07) is 13.1. The van der Waals surface area contributed by atoms with Crippen LogP contribution in [0.25, 0.3) is 0 Å². The van der Waals surface area contributed by atoms with Crippen LogP contribution in [0.5, 0.6) is 5.75 Å². The molecule has 0 bridgehead atoms. The van der Waals surface area contributed by atoms with Gasteiger partial charge in [-0.1, -0.05) is 12.1 Å². The van der Waals surface area contributed by atoms with Gasteiger partial charge < -0.3 is 9.64 Å². The highest BCUT2D eigenvalue weighted by atomic mass is 19.1. The fourth-order valence-corrected chi connectivity index (χ4v) is 3.52. The van der Waals surface area contributed by atoms with Crippen molar-refractivity contribution in [3.63, 3.8) is 0 Å². The van der Waals surface area contributed by atoms with E-state index in [1.165, 1.54) is 18.5 Å². The molecule has 0 unspecified atom stereocenters. The summed E-state index contributed by atoms with van der Waals surface area (Å²) in [7, 11) is 0. The van der Waals surface area contributed by atoms with E-state index in [0.29, 0.717) is 24.4 Å². The largest absolute Gasteiger partial charge is 0.490 e. The molecule has 0 aliphatic carbocycles. The summed E-state index contributed by atoms with van der Waals surface area (Å²) in [5, 5.41) is 10.9. The Hall–Kier alpha value is -3.36. The van der Waals surface area contributed by atoms with Gasteiger partial charge in [0.1, 0.15) is 18.2 Å². The molecule has 0 N–H and O–H groups in total. The molecular weight excluding hydrogens is 392 g/mol. The molecule has 7 nitrogen and oxygen atoms in total. The zero-order valence-electron chi connectivity index (χ0n) is 16.2. The number of likely N-dealkylation sites (tertiary alicyclic amines) is 1. The molecule has 1 amide bonds. The van der Waals surface area contributed by atoms with Gasteiger partial charge in [0.05, 0.1) is 6.54 Å². The van der Waals surface area contributed by atoms with Crippen LogP contribution in [0, 0.1) is 5.82 Å². The Morgan fingerprint density at radius 2 is 1.93 bits per heavy atom. The second-order valence-corrected chi connectivity index (χ2v) is 7.21. The quantitative estimate of drug-likeness (QED) is 0.596. The maximum atomic E-state index is 13.9. The standard InChI is InChI=1S/C21H21F2N5O2/c22-18-5-1-15(2-6-18)17-9-10-27(11-17)21(29)16-3-7-20(8-4-16)30-13-19(23)12-28-25-14-24-26-28/h1-8,14,17,19H,9-13H2/t17-,19-/m0/s1. The number of benzene rings is 2. The lowest BCUT2D eigenvalue weighted by Crippen LogP contribution is -2.28. The molecule has 1 fully saturated rings. The van der Waals surface area contributed by atoms with Gasteiger partial charge in [-0.2, -0.15) is 4.80 Å². The Morgan fingerprint density at radius 3 is 2.63 bits per heavy atom. The van der Waals surface area contributed by atoms with E-state index in [9.17, 15) is 13.6 Å². The summed E-state index contributed by atoms with van der Waals surface area (Å²) in [6.07, 6.45) is 0.802. The molecule has 1 aliphatic heterocycles. The number of rotatable bonds is 7. The Labute approximate surface area is 172 Å². The van der Waals surface area contributed by atoms with Crippen molar-refractivity contribution in [1.29, 1.82) is 0 Å². The van der Waals surface area contributed by atoms with Gasteiger partial charge in [0.25, 0.3) is 5.91 Å². The SMILES string of the molecule is O=C(c1ccc(OC[C@@H](F)Cn2ncnn2)cc1)N1CC[C@H](c2ccc(F)cc2)C1. The van der Waals surface area contributed by atoms with Gasteiger partial charge >= 0.3 is 0 Å². The highest BCUT2D eigenvalue weighted by Crippen LogP contribution is 2.28. The normalized spacial score (nSPS) is 17.1. The van der Waals surface area contributed by atoms with Crippen LogP contribution in [0.2, 0.25) is 0 Å². The molecule has 0 spiro atoms. The molecule has 156 valence electrons. The van der Waals surface area contributed by atoms with Crippen molar-refractivity contribution in [2.75, 3.05) is 19.7 Å². The first-order valence-corrected chi connectivity index (χ1v) is 9.71. The lowest BCUT2D eigenvalue weighted by atomic mass is 9.99. The molecule has 4 rings (SSSR count). The number of amides is 1. The topological polar surface area (TPSA) is 73.1 Å². The van der Waals surface area contributed by atoms with Gasteiger partial charge in [0, 0.05) is 24.6 Å². The molecule has 2 heterocycles. The van der Waals surface area contributed by atoms with Crippen molar-refractivity contribution in [2.45, 2.75) is 25.1 Å². The summed E-state index contributed by atoms with van der Waals surface area (Å²) < 4.78 is 32.5. The molecule has 30 heavy (non-hydrogen) atoms. The van der Waals surface area contributed by atoms with Crippen LogP contribution in [0.1, 0.15) is 28.3 Å². The summed E-state index contributed by atoms with van der Waals surface area (Å²) in [6.45, 7) is 1.06. The minimum atomic E-state index is -1.28. The van der Waals surface area contributed by atoms with Crippen molar-refractivity contribution in [2.24, 2.45) is 0 Å². The van der Waals surface area contributed by atoms with Gasteiger partial charge in [-0.3, -0.25) is 4.79 Å². The molecule has 2 aromatic carbocycles. The first kappa shape index (κ1) is 19.9. The number of aromatic nitrogens is 4. The van der Waals surface area contributed by atoms with Crippen LogP contribution in [0.3, 0.4) is 0 Å². The first-order chi connectivity index (χ1) is 14.6. The fourth-order valence-electron chi connectivity index (χ4n) is 3.52. The average Bonchev–Trinajstić information content (AvgIpc) is 3.45. The molecule has 1 aliphatic rings. The second kappa shape index (κ2) is 8.98. The van der Waals surface area contributed by atoms with E-state index in [1.54, 1.807) is 41.3 Å². The summed E-state index contributed by atoms with van der Waals surface area (Å²) in [4.78, 5) is 15.7. The molecule has 0 radical (unpaired) electrons. The number of carbonyl (C=O) groups excluding carboxylic acids is 1. The Bertz CT molecular complexity index is 964. The maximum Gasteiger partial charge on any atom is 0.253 e. The fraction of sp³-hybridized carbons (Fsp3) is 0.333. The van der Waals surface area contributed by atoms with E-state index in [2.05, 4.69) is 15.4 Å². The molecule has 0 saturated carbocycles. The summed E-state index contributed by atoms with van der Waals surface area (Å²) in [5.74, 6) is 0.359. The number of ether oxygens (including phenoxy) is 1. The number of halogens is 2. The molecule has 2 atom stereocenters. The van der Waals surface area contributed by atoms with Gasteiger partial charge in [-0.25, -0.2) is 8.78 Å². The molecular formula is C21H21F2N5O2. The lowest BCUT2D eigenvalue weighted by Gasteiger charge is -2.17. The number of hydrogen-bond donors (Lipinski definition) is 0. The number of carbonyl (C=O) groups is 1. The van der Waals surface area contributed by atoms with Crippen LogP contribution < -0.4 is 4.74 Å². The average molecular weight is 413 g/mol. The lowest BCUT2D eigenvalue weighted by molar-refractivity contribution is 0.0790. The Kier molecular flexibility index (Phi) is 5.97. The van der Waals surface area contributed by atoms with Gasteiger partial charge in [-0.05, 0) is 53.6 Å². The third kappa shape index (κ3) is 4.79. The van der Waals surface area contributed by atoms with E-state index >= 15 is 0 Å². The summed E-state index contributed by atoms with van der Waals surface area (Å²) >= 11 is 0. The van der Waals surface area contributed by atoms with Crippen LogP contribution in [0.15, 0.2) is 54.9 Å². The maximum absolute atomic E-state index is 13.9. The van der Waals surface area contributed by atoms with Crippen molar-refractivity contribution < 1.29 is 18.3 Å². The minimum Gasteiger partial charge on any atom is -0.490 e. The van der Waals surface area contributed by atoms with Gasteiger partial charge in [0.2, 0.25) is 0 Å². The van der Waals surface area contributed by atoms with E-state index in [1.807, 2.05) is 0 Å². The van der Waals surface area contributed by atoms with Crippen molar-refractivity contribution in [3.8, 4) is 5.75 Å². The first-order valence-electron chi connectivity index (χ1n) is 9.71. The van der Waals surface area contributed by atoms with Crippen molar-refractivity contribution >= 4 is 5.91 Å². The number of nitrogens with zero attached hydrogens (tertiary/aromatic N) is 5. The monoisotopic (exact) mass is 413 g/mol. The second-order valence-electron chi connectivity index (χ2n) is 7.21. The van der Waals surface area contributed by atoms with E-state index in [4.69, 9.17) is 4.74 Å². The smallest absolute Gasteiger partial charge is 0.253 e. The van der Waals surface area contributed by atoms with Gasteiger partial charge in [0.15, 0.2) is 12.5 Å². The summed E-state index contributed by atoms with van der Waals surface area (Å²) in [5.41, 5.74) is 1.59. The number of hydrogen-bond acceptors (Lipinski definition) is 5.